The van der Waals surface area contributed by atoms with Crippen molar-refractivity contribution >= 4 is 0 Å². The second-order valence-electron chi connectivity index (χ2n) is 4.63. The summed E-state index contributed by atoms with van der Waals surface area (Å²) in [4.78, 5) is 2.44. The number of piperidine rings is 1. The topological polar surface area (TPSA) is 18.5 Å². The molecule has 1 heterocycles. The third kappa shape index (κ3) is 2.93. The van der Waals surface area contributed by atoms with E-state index < -0.39 is 0 Å². The summed E-state index contributed by atoms with van der Waals surface area (Å²) in [5, 5.41) is 2.07. The maximum atomic E-state index is 3.49. The molecule has 1 aliphatic rings. The SMILES string of the molecule is CC1CN(C)C(C)CC1NN(C)C. The van der Waals surface area contributed by atoms with Crippen LogP contribution in [0, 0.1) is 5.92 Å². The summed E-state index contributed by atoms with van der Waals surface area (Å²) in [5.41, 5.74) is 3.49. The summed E-state index contributed by atoms with van der Waals surface area (Å²) in [5.74, 6) is 0.739. The molecule has 0 spiro atoms. The largest absolute Gasteiger partial charge is 0.303 e. The summed E-state index contributed by atoms with van der Waals surface area (Å²) in [6.07, 6.45) is 1.25. The number of rotatable bonds is 2. The van der Waals surface area contributed by atoms with Gasteiger partial charge < -0.3 is 4.90 Å². The maximum Gasteiger partial charge on any atom is 0.0267 e. The van der Waals surface area contributed by atoms with E-state index in [1.165, 1.54) is 13.0 Å². The van der Waals surface area contributed by atoms with Gasteiger partial charge in [0.2, 0.25) is 0 Å². The number of hydrogen-bond acceptors (Lipinski definition) is 3. The highest BCUT2D eigenvalue weighted by molar-refractivity contribution is 4.84. The minimum absolute atomic E-state index is 0.640. The van der Waals surface area contributed by atoms with Gasteiger partial charge in [0.25, 0.3) is 0 Å². The lowest BCUT2D eigenvalue weighted by Gasteiger charge is -2.41. The summed E-state index contributed by atoms with van der Waals surface area (Å²) in [6.45, 7) is 5.83. The Morgan fingerprint density at radius 3 is 2.46 bits per heavy atom. The highest BCUT2D eigenvalue weighted by atomic mass is 15.5. The Hall–Kier alpha value is -0.120. The Bertz CT molecular complexity index is 158. The van der Waals surface area contributed by atoms with Gasteiger partial charge in [0.1, 0.15) is 0 Å². The number of nitrogens with zero attached hydrogens (tertiary/aromatic N) is 2. The second-order valence-corrected chi connectivity index (χ2v) is 4.63. The lowest BCUT2D eigenvalue weighted by Crippen LogP contribution is -2.53. The van der Waals surface area contributed by atoms with Crippen molar-refractivity contribution in [2.24, 2.45) is 5.92 Å². The fraction of sp³-hybridized carbons (Fsp3) is 1.00. The second kappa shape index (κ2) is 4.40. The Morgan fingerprint density at radius 1 is 1.31 bits per heavy atom. The maximum absolute atomic E-state index is 3.49. The van der Waals surface area contributed by atoms with Gasteiger partial charge >= 0.3 is 0 Å². The molecule has 0 amide bonds. The van der Waals surface area contributed by atoms with Gasteiger partial charge in [-0.2, -0.15) is 0 Å². The van der Waals surface area contributed by atoms with E-state index in [2.05, 4.69) is 50.3 Å². The normalized spacial score (nSPS) is 36.9. The van der Waals surface area contributed by atoms with Crippen LogP contribution in [0.5, 0.6) is 0 Å². The van der Waals surface area contributed by atoms with Gasteiger partial charge in [-0.15, -0.1) is 0 Å². The van der Waals surface area contributed by atoms with Crippen molar-refractivity contribution in [3.05, 3.63) is 0 Å². The molecule has 1 aliphatic heterocycles. The van der Waals surface area contributed by atoms with E-state index in [1.807, 2.05) is 0 Å². The zero-order valence-electron chi connectivity index (χ0n) is 9.54. The van der Waals surface area contributed by atoms with Gasteiger partial charge in [-0.05, 0) is 26.3 Å². The molecule has 0 bridgehead atoms. The van der Waals surface area contributed by atoms with Crippen molar-refractivity contribution in [2.75, 3.05) is 27.7 Å². The molecule has 1 N–H and O–H groups in total. The minimum atomic E-state index is 0.640. The summed E-state index contributed by atoms with van der Waals surface area (Å²) >= 11 is 0. The molecule has 78 valence electrons. The Kier molecular flexibility index (Phi) is 3.71. The first-order valence-corrected chi connectivity index (χ1v) is 5.14. The quantitative estimate of drug-likeness (QED) is 0.641. The van der Waals surface area contributed by atoms with Crippen molar-refractivity contribution in [2.45, 2.75) is 32.4 Å². The van der Waals surface area contributed by atoms with Crippen LogP contribution in [0.3, 0.4) is 0 Å². The van der Waals surface area contributed by atoms with Crippen LogP contribution < -0.4 is 5.43 Å². The average Bonchev–Trinajstić information content (AvgIpc) is 1.99. The molecule has 0 aromatic rings. The van der Waals surface area contributed by atoms with Crippen molar-refractivity contribution in [3.63, 3.8) is 0 Å². The number of hydrazine groups is 1. The van der Waals surface area contributed by atoms with Gasteiger partial charge in [0.05, 0.1) is 0 Å². The number of nitrogens with one attached hydrogen (secondary N) is 1. The molecule has 0 aliphatic carbocycles. The predicted molar refractivity (Wildman–Crippen MR) is 56.5 cm³/mol. The molecule has 0 radical (unpaired) electrons. The van der Waals surface area contributed by atoms with Crippen LogP contribution >= 0.6 is 0 Å². The van der Waals surface area contributed by atoms with Gasteiger partial charge in [-0.3, -0.25) is 10.4 Å². The predicted octanol–water partition coefficient (Wildman–Crippen LogP) is 0.781. The molecular weight excluding hydrogens is 162 g/mol. The van der Waals surface area contributed by atoms with Gasteiger partial charge in [0, 0.05) is 32.7 Å². The molecule has 0 aromatic carbocycles. The van der Waals surface area contributed by atoms with Crippen LogP contribution in [0.15, 0.2) is 0 Å². The van der Waals surface area contributed by atoms with Gasteiger partial charge in [-0.25, -0.2) is 0 Å². The molecule has 1 rings (SSSR count). The summed E-state index contributed by atoms with van der Waals surface area (Å²) in [7, 11) is 6.35. The minimum Gasteiger partial charge on any atom is -0.303 e. The molecule has 0 aromatic heterocycles. The molecule has 13 heavy (non-hydrogen) atoms. The highest BCUT2D eigenvalue weighted by Gasteiger charge is 2.28. The molecule has 3 unspecified atom stereocenters. The van der Waals surface area contributed by atoms with E-state index in [1.54, 1.807) is 0 Å². The van der Waals surface area contributed by atoms with Crippen LogP contribution in [-0.4, -0.2) is 49.7 Å². The summed E-state index contributed by atoms with van der Waals surface area (Å²) in [6, 6.07) is 1.34. The van der Waals surface area contributed by atoms with Crippen LogP contribution in [0.2, 0.25) is 0 Å². The lowest BCUT2D eigenvalue weighted by molar-refractivity contribution is 0.0840. The zero-order chi connectivity index (χ0) is 10.0. The lowest BCUT2D eigenvalue weighted by atomic mass is 9.90. The number of hydrogen-bond donors (Lipinski definition) is 1. The molecule has 0 saturated carbocycles. The molecule has 1 saturated heterocycles. The van der Waals surface area contributed by atoms with Crippen LogP contribution in [-0.2, 0) is 0 Å². The van der Waals surface area contributed by atoms with Crippen LogP contribution in [0.1, 0.15) is 20.3 Å². The van der Waals surface area contributed by atoms with Gasteiger partial charge in [-0.1, -0.05) is 6.92 Å². The van der Waals surface area contributed by atoms with E-state index in [-0.39, 0.29) is 0 Å². The zero-order valence-corrected chi connectivity index (χ0v) is 9.54. The smallest absolute Gasteiger partial charge is 0.0267 e. The van der Waals surface area contributed by atoms with Crippen LogP contribution in [0.25, 0.3) is 0 Å². The van der Waals surface area contributed by atoms with E-state index in [0.717, 1.165) is 5.92 Å². The Morgan fingerprint density at radius 2 is 1.92 bits per heavy atom. The average molecular weight is 185 g/mol. The molecular formula is C10H23N3. The third-order valence-electron chi connectivity index (χ3n) is 3.03. The first-order valence-electron chi connectivity index (χ1n) is 5.14. The monoisotopic (exact) mass is 185 g/mol. The summed E-state index contributed by atoms with van der Waals surface area (Å²) < 4.78 is 0. The molecule has 3 atom stereocenters. The van der Waals surface area contributed by atoms with Crippen molar-refractivity contribution in [1.29, 1.82) is 0 Å². The van der Waals surface area contributed by atoms with E-state index in [4.69, 9.17) is 0 Å². The molecule has 1 fully saturated rings. The van der Waals surface area contributed by atoms with Crippen molar-refractivity contribution in [1.82, 2.24) is 15.3 Å². The third-order valence-corrected chi connectivity index (χ3v) is 3.03. The first kappa shape index (κ1) is 11.0. The fourth-order valence-corrected chi connectivity index (χ4v) is 2.05. The molecule has 3 heteroatoms. The Balaban J connectivity index is 2.46. The fourth-order valence-electron chi connectivity index (χ4n) is 2.05. The first-order chi connectivity index (χ1) is 6.00. The van der Waals surface area contributed by atoms with Crippen molar-refractivity contribution < 1.29 is 0 Å². The van der Waals surface area contributed by atoms with Crippen molar-refractivity contribution in [3.8, 4) is 0 Å². The van der Waals surface area contributed by atoms with E-state index in [9.17, 15) is 0 Å². The Labute approximate surface area is 82.1 Å². The standard InChI is InChI=1S/C10H23N3/c1-8-7-13(5)9(2)6-10(8)11-12(3)4/h8-11H,6-7H2,1-5H3. The van der Waals surface area contributed by atoms with Crippen LogP contribution in [0.4, 0.5) is 0 Å². The molecule has 3 nitrogen and oxygen atoms in total. The van der Waals surface area contributed by atoms with E-state index >= 15 is 0 Å². The van der Waals surface area contributed by atoms with Gasteiger partial charge in [0.15, 0.2) is 0 Å². The highest BCUT2D eigenvalue weighted by Crippen LogP contribution is 2.20. The van der Waals surface area contributed by atoms with E-state index in [0.29, 0.717) is 12.1 Å². The number of likely N-dealkylation sites (tertiary alicyclic amines) is 1.